The number of esters is 2. The van der Waals surface area contributed by atoms with Gasteiger partial charge in [0.2, 0.25) is 0 Å². The number of hydrogen-bond acceptors (Lipinski definition) is 7. The minimum absolute atomic E-state index is 0.0279. The molecule has 1 atom stereocenters. The smallest absolute Gasteiger partial charge is 0.315 e. The van der Waals surface area contributed by atoms with Crippen LogP contribution in [0, 0.1) is 0 Å². The zero-order valence-electron chi connectivity index (χ0n) is 10.7. The Balaban J connectivity index is 3.70. The van der Waals surface area contributed by atoms with Crippen molar-refractivity contribution in [1.29, 1.82) is 0 Å². The van der Waals surface area contributed by atoms with E-state index in [1.165, 1.54) is 23.5 Å². The molecule has 18 heavy (non-hydrogen) atoms. The molecule has 0 radical (unpaired) electrons. The van der Waals surface area contributed by atoms with Crippen molar-refractivity contribution in [3.8, 4) is 0 Å². The first kappa shape index (κ1) is 17.6. The molecule has 0 bridgehead atoms. The maximum atomic E-state index is 11.1. The number of rotatable bonds is 10. The van der Waals surface area contributed by atoms with Crippen molar-refractivity contribution < 1.29 is 24.2 Å². The quantitative estimate of drug-likeness (QED) is 0.601. The number of aliphatic hydroxyl groups excluding tert-OH is 1. The summed E-state index contributed by atoms with van der Waals surface area (Å²) in [6.45, 7) is 4.22. The third kappa shape index (κ3) is 9.61. The molecular weight excluding hydrogens is 276 g/mol. The van der Waals surface area contributed by atoms with Crippen molar-refractivity contribution in [2.45, 2.75) is 19.1 Å². The van der Waals surface area contributed by atoms with E-state index in [-0.39, 0.29) is 35.3 Å². The van der Waals surface area contributed by atoms with Gasteiger partial charge in [-0.1, -0.05) is 0 Å². The molecule has 0 amide bonds. The van der Waals surface area contributed by atoms with Crippen molar-refractivity contribution in [2.24, 2.45) is 0 Å². The molecule has 0 spiro atoms. The fourth-order valence-corrected chi connectivity index (χ4v) is 2.99. The second-order valence-corrected chi connectivity index (χ2v) is 5.56. The van der Waals surface area contributed by atoms with Gasteiger partial charge in [-0.2, -0.15) is 0 Å². The van der Waals surface area contributed by atoms with Gasteiger partial charge in [-0.3, -0.25) is 9.59 Å². The molecule has 0 heterocycles. The molecular formula is C11H20O5S2. The van der Waals surface area contributed by atoms with E-state index in [0.717, 1.165) is 0 Å². The summed E-state index contributed by atoms with van der Waals surface area (Å²) in [7, 11) is 0. The van der Waals surface area contributed by atoms with Crippen LogP contribution in [0.1, 0.15) is 13.8 Å². The summed E-state index contributed by atoms with van der Waals surface area (Å²) in [5, 5.41) is 9.06. The van der Waals surface area contributed by atoms with Gasteiger partial charge in [-0.15, -0.1) is 23.5 Å². The Morgan fingerprint density at radius 1 is 1.11 bits per heavy atom. The molecule has 0 aliphatic heterocycles. The van der Waals surface area contributed by atoms with Crippen LogP contribution in [0.5, 0.6) is 0 Å². The number of ether oxygens (including phenoxy) is 2. The first-order valence-electron chi connectivity index (χ1n) is 5.75. The fourth-order valence-electron chi connectivity index (χ4n) is 1.02. The minimum Gasteiger partial charge on any atom is -0.465 e. The SMILES string of the molecule is CCOC(=O)CSCC(CO)SCC(=O)OCC. The molecule has 0 aromatic rings. The van der Waals surface area contributed by atoms with Gasteiger partial charge in [0.1, 0.15) is 0 Å². The Hall–Kier alpha value is -0.400. The van der Waals surface area contributed by atoms with E-state index >= 15 is 0 Å². The van der Waals surface area contributed by atoms with E-state index in [4.69, 9.17) is 14.6 Å². The lowest BCUT2D eigenvalue weighted by Crippen LogP contribution is -2.18. The van der Waals surface area contributed by atoms with Gasteiger partial charge in [0.05, 0.1) is 31.3 Å². The van der Waals surface area contributed by atoms with Crippen molar-refractivity contribution >= 4 is 35.5 Å². The Bertz CT molecular complexity index is 248. The summed E-state index contributed by atoms with van der Waals surface area (Å²) in [5.41, 5.74) is 0. The van der Waals surface area contributed by atoms with Crippen molar-refractivity contribution in [3.63, 3.8) is 0 Å². The second-order valence-electron chi connectivity index (χ2n) is 3.24. The van der Waals surface area contributed by atoms with Crippen molar-refractivity contribution in [3.05, 3.63) is 0 Å². The van der Waals surface area contributed by atoms with Crippen molar-refractivity contribution in [1.82, 2.24) is 0 Å². The number of carbonyl (C=O) groups is 2. The topological polar surface area (TPSA) is 72.8 Å². The molecule has 0 aromatic carbocycles. The average molecular weight is 296 g/mol. The van der Waals surface area contributed by atoms with Gasteiger partial charge in [-0.05, 0) is 13.8 Å². The van der Waals surface area contributed by atoms with Crippen LogP contribution in [0.2, 0.25) is 0 Å². The fraction of sp³-hybridized carbons (Fsp3) is 0.818. The van der Waals surface area contributed by atoms with Gasteiger partial charge in [0, 0.05) is 11.0 Å². The maximum Gasteiger partial charge on any atom is 0.315 e. The van der Waals surface area contributed by atoms with E-state index in [9.17, 15) is 9.59 Å². The lowest BCUT2D eigenvalue weighted by molar-refractivity contribution is -0.140. The van der Waals surface area contributed by atoms with Crippen LogP contribution in [-0.4, -0.2) is 59.4 Å². The van der Waals surface area contributed by atoms with Gasteiger partial charge >= 0.3 is 11.9 Å². The molecule has 0 saturated heterocycles. The van der Waals surface area contributed by atoms with Gasteiger partial charge in [0.15, 0.2) is 0 Å². The summed E-state index contributed by atoms with van der Waals surface area (Å²) in [6, 6.07) is 0. The molecule has 0 aliphatic carbocycles. The van der Waals surface area contributed by atoms with Gasteiger partial charge < -0.3 is 14.6 Å². The zero-order chi connectivity index (χ0) is 13.8. The Morgan fingerprint density at radius 2 is 1.67 bits per heavy atom. The Labute approximate surface area is 116 Å². The third-order valence-corrected chi connectivity index (χ3v) is 4.25. The van der Waals surface area contributed by atoms with Crippen LogP contribution in [0.15, 0.2) is 0 Å². The lowest BCUT2D eigenvalue weighted by Gasteiger charge is -2.12. The van der Waals surface area contributed by atoms with Gasteiger partial charge in [-0.25, -0.2) is 0 Å². The number of hydrogen-bond donors (Lipinski definition) is 1. The van der Waals surface area contributed by atoms with Crippen LogP contribution in [-0.2, 0) is 19.1 Å². The van der Waals surface area contributed by atoms with E-state index in [1.807, 2.05) is 0 Å². The van der Waals surface area contributed by atoms with Crippen LogP contribution in [0.4, 0.5) is 0 Å². The molecule has 0 saturated carbocycles. The molecule has 0 rings (SSSR count). The summed E-state index contributed by atoms with van der Waals surface area (Å²) >= 11 is 2.73. The standard InChI is InChI=1S/C11H20O5S2/c1-3-15-10(13)7-17-6-9(5-12)18-8-11(14)16-4-2/h9,12H,3-8H2,1-2H3. The highest BCUT2D eigenvalue weighted by Crippen LogP contribution is 2.16. The van der Waals surface area contributed by atoms with E-state index in [0.29, 0.717) is 19.0 Å². The van der Waals surface area contributed by atoms with E-state index in [1.54, 1.807) is 13.8 Å². The minimum atomic E-state index is -0.281. The predicted molar refractivity (Wildman–Crippen MR) is 73.9 cm³/mol. The summed E-state index contributed by atoms with van der Waals surface area (Å²) in [4.78, 5) is 22.2. The van der Waals surface area contributed by atoms with E-state index in [2.05, 4.69) is 0 Å². The second kappa shape index (κ2) is 11.7. The van der Waals surface area contributed by atoms with E-state index < -0.39 is 0 Å². The van der Waals surface area contributed by atoms with Crippen LogP contribution >= 0.6 is 23.5 Å². The molecule has 7 heteroatoms. The molecule has 1 unspecified atom stereocenters. The molecule has 0 aromatic heterocycles. The number of carbonyl (C=O) groups excluding carboxylic acids is 2. The zero-order valence-corrected chi connectivity index (χ0v) is 12.3. The highest BCUT2D eigenvalue weighted by molar-refractivity contribution is 8.04. The first-order valence-corrected chi connectivity index (χ1v) is 7.95. The third-order valence-electron chi connectivity index (χ3n) is 1.77. The molecule has 5 nitrogen and oxygen atoms in total. The summed E-state index contributed by atoms with van der Waals surface area (Å²) < 4.78 is 9.57. The van der Waals surface area contributed by atoms with Crippen LogP contribution in [0.25, 0.3) is 0 Å². The molecule has 1 N–H and O–H groups in total. The molecule has 106 valence electrons. The van der Waals surface area contributed by atoms with Crippen molar-refractivity contribution in [2.75, 3.05) is 37.1 Å². The molecule has 0 fully saturated rings. The number of aliphatic hydroxyl groups is 1. The highest BCUT2D eigenvalue weighted by atomic mass is 32.2. The largest absolute Gasteiger partial charge is 0.465 e. The van der Waals surface area contributed by atoms with Crippen LogP contribution < -0.4 is 0 Å². The normalized spacial score (nSPS) is 11.9. The monoisotopic (exact) mass is 296 g/mol. The van der Waals surface area contributed by atoms with Crippen LogP contribution in [0.3, 0.4) is 0 Å². The summed E-state index contributed by atoms with van der Waals surface area (Å²) in [6.07, 6.45) is 0. The Kier molecular flexibility index (Phi) is 11.4. The molecule has 0 aliphatic rings. The highest BCUT2D eigenvalue weighted by Gasteiger charge is 2.13. The maximum absolute atomic E-state index is 11.1. The Morgan fingerprint density at radius 3 is 2.17 bits per heavy atom. The van der Waals surface area contributed by atoms with Gasteiger partial charge in [0.25, 0.3) is 0 Å². The number of thioether (sulfide) groups is 2. The lowest BCUT2D eigenvalue weighted by atomic mass is 10.5. The average Bonchev–Trinajstić information content (AvgIpc) is 2.34. The summed E-state index contributed by atoms with van der Waals surface area (Å²) in [5.74, 6) is 0.550. The first-order chi connectivity index (χ1) is 8.63. The predicted octanol–water partition coefficient (Wildman–Crippen LogP) is 0.940.